The van der Waals surface area contributed by atoms with Crippen molar-refractivity contribution in [3.8, 4) is 0 Å². The van der Waals surface area contributed by atoms with Gasteiger partial charge in [-0.25, -0.2) is 5.06 Å². The van der Waals surface area contributed by atoms with Gasteiger partial charge >= 0.3 is 0 Å². The Labute approximate surface area is 123 Å². The van der Waals surface area contributed by atoms with E-state index in [0.717, 1.165) is 44.5 Å². The summed E-state index contributed by atoms with van der Waals surface area (Å²) in [5, 5.41) is 5.01. The summed E-state index contributed by atoms with van der Waals surface area (Å²) in [6.45, 7) is 2.46. The van der Waals surface area contributed by atoms with Gasteiger partial charge in [0.15, 0.2) is 0 Å². The average Bonchev–Trinajstić information content (AvgIpc) is 3.12. The molecule has 3 aliphatic rings. The molecule has 1 aromatic rings. The smallest absolute Gasteiger partial charge is 0.250 e. The molecule has 2 saturated heterocycles. The fourth-order valence-corrected chi connectivity index (χ4v) is 3.68. The van der Waals surface area contributed by atoms with Crippen LogP contribution in [0.5, 0.6) is 0 Å². The van der Waals surface area contributed by atoms with Crippen molar-refractivity contribution in [2.75, 3.05) is 19.7 Å². The van der Waals surface area contributed by atoms with Gasteiger partial charge in [0.1, 0.15) is 6.04 Å². The molecular formula is C15H20N4O2. The van der Waals surface area contributed by atoms with E-state index in [1.165, 1.54) is 0 Å². The highest BCUT2D eigenvalue weighted by molar-refractivity contribution is 5.80. The highest BCUT2D eigenvalue weighted by Crippen LogP contribution is 2.55. The zero-order valence-electron chi connectivity index (χ0n) is 12.0. The Balaban J connectivity index is 1.56. The molecule has 1 N–H and O–H groups in total. The molecule has 1 saturated carbocycles. The first-order chi connectivity index (χ1) is 10.3. The van der Waals surface area contributed by atoms with Crippen LogP contribution >= 0.6 is 0 Å². The van der Waals surface area contributed by atoms with Crippen LogP contribution in [0.25, 0.3) is 0 Å². The van der Waals surface area contributed by atoms with E-state index in [4.69, 9.17) is 4.84 Å². The fourth-order valence-electron chi connectivity index (χ4n) is 3.68. The molecule has 1 aliphatic carbocycles. The highest BCUT2D eigenvalue weighted by Gasteiger charge is 2.55. The second kappa shape index (κ2) is 5.03. The van der Waals surface area contributed by atoms with Crippen molar-refractivity contribution in [3.05, 3.63) is 24.3 Å². The maximum atomic E-state index is 13.0. The first-order valence-electron chi connectivity index (χ1n) is 7.73. The number of hydrogen-bond donors (Lipinski definition) is 1. The van der Waals surface area contributed by atoms with Gasteiger partial charge in [0.05, 0.1) is 18.5 Å². The average molecular weight is 288 g/mol. The Morgan fingerprint density at radius 1 is 1.38 bits per heavy atom. The number of carbonyl (C=O) groups excluding carboxylic acids is 1. The van der Waals surface area contributed by atoms with Gasteiger partial charge in [0.2, 0.25) is 0 Å². The molecule has 4 rings (SSSR count). The molecule has 2 atom stereocenters. The number of piperidine rings is 1. The van der Waals surface area contributed by atoms with Gasteiger partial charge < -0.3 is 5.32 Å². The summed E-state index contributed by atoms with van der Waals surface area (Å²) in [5.74, 6) is 0.234. The molecule has 112 valence electrons. The Kier molecular flexibility index (Phi) is 3.15. The summed E-state index contributed by atoms with van der Waals surface area (Å²) < 4.78 is 0. The zero-order valence-corrected chi connectivity index (χ0v) is 12.0. The topological polar surface area (TPSA) is 67.4 Å². The van der Waals surface area contributed by atoms with E-state index in [1.54, 1.807) is 23.7 Å². The number of rotatable bonds is 2. The lowest BCUT2D eigenvalue weighted by Gasteiger charge is -2.34. The predicted molar refractivity (Wildman–Crippen MR) is 74.8 cm³/mol. The summed E-state index contributed by atoms with van der Waals surface area (Å²) in [4.78, 5) is 27.1. The molecule has 3 fully saturated rings. The molecule has 2 aliphatic heterocycles. The van der Waals surface area contributed by atoms with Crippen LogP contribution in [0.2, 0.25) is 0 Å². The standard InChI is InChI=1S/C15H20N4O2/c20-14(11-1-5-17-10-15(11)3-4-15)19-13(2-8-21-19)12-9-16-6-7-18-12/h6-7,9,11,13,17H,1-5,8,10H2/t11-,13-/m0/s1. The van der Waals surface area contributed by atoms with Gasteiger partial charge in [-0.2, -0.15) is 0 Å². The van der Waals surface area contributed by atoms with Gasteiger partial charge in [-0.15, -0.1) is 0 Å². The lowest BCUT2D eigenvalue weighted by atomic mass is 9.82. The molecule has 3 heterocycles. The number of hydrogen-bond acceptors (Lipinski definition) is 5. The van der Waals surface area contributed by atoms with Crippen LogP contribution in [0, 0.1) is 11.3 Å². The number of nitrogens with zero attached hydrogens (tertiary/aromatic N) is 3. The maximum absolute atomic E-state index is 13.0. The minimum absolute atomic E-state index is 0.0862. The van der Waals surface area contributed by atoms with Crippen molar-refractivity contribution in [3.63, 3.8) is 0 Å². The quantitative estimate of drug-likeness (QED) is 0.882. The fraction of sp³-hybridized carbons (Fsp3) is 0.667. The molecule has 1 amide bonds. The highest BCUT2D eigenvalue weighted by atomic mass is 16.7. The van der Waals surface area contributed by atoms with Gasteiger partial charge in [-0.05, 0) is 31.2 Å². The van der Waals surface area contributed by atoms with E-state index in [9.17, 15) is 4.79 Å². The second-order valence-corrected chi connectivity index (χ2v) is 6.31. The molecule has 0 radical (unpaired) electrons. The Hall–Kier alpha value is -1.53. The minimum atomic E-state index is -0.0862. The largest absolute Gasteiger partial charge is 0.316 e. The molecule has 1 aromatic heterocycles. The molecule has 6 heteroatoms. The normalized spacial score (nSPS) is 30.6. The minimum Gasteiger partial charge on any atom is -0.316 e. The van der Waals surface area contributed by atoms with Crippen LogP contribution in [0.15, 0.2) is 18.6 Å². The van der Waals surface area contributed by atoms with E-state index in [-0.39, 0.29) is 23.3 Å². The summed E-state index contributed by atoms with van der Waals surface area (Å²) >= 11 is 0. The summed E-state index contributed by atoms with van der Waals surface area (Å²) in [5.41, 5.74) is 1.01. The summed E-state index contributed by atoms with van der Waals surface area (Å²) in [7, 11) is 0. The first-order valence-corrected chi connectivity index (χ1v) is 7.73. The van der Waals surface area contributed by atoms with Crippen molar-refractivity contribution < 1.29 is 9.63 Å². The van der Waals surface area contributed by atoms with Crippen LogP contribution in [0.1, 0.15) is 37.4 Å². The van der Waals surface area contributed by atoms with Gasteiger partial charge in [-0.1, -0.05) is 0 Å². The van der Waals surface area contributed by atoms with Crippen LogP contribution in [0.3, 0.4) is 0 Å². The molecular weight excluding hydrogens is 268 g/mol. The first kappa shape index (κ1) is 13.2. The van der Waals surface area contributed by atoms with E-state index in [2.05, 4.69) is 15.3 Å². The van der Waals surface area contributed by atoms with Crippen LogP contribution in [-0.4, -0.2) is 40.6 Å². The summed E-state index contributed by atoms with van der Waals surface area (Å²) in [6.07, 6.45) is 9.06. The zero-order chi connectivity index (χ0) is 14.3. The predicted octanol–water partition coefficient (Wildman–Crippen LogP) is 1.07. The third-order valence-electron chi connectivity index (χ3n) is 5.06. The Bertz CT molecular complexity index is 532. The monoisotopic (exact) mass is 288 g/mol. The van der Waals surface area contributed by atoms with Crippen molar-refractivity contribution in [1.82, 2.24) is 20.3 Å². The number of amides is 1. The van der Waals surface area contributed by atoms with Crippen molar-refractivity contribution in [1.29, 1.82) is 0 Å². The molecule has 1 spiro atoms. The van der Waals surface area contributed by atoms with Crippen LogP contribution in [0.4, 0.5) is 0 Å². The number of hydroxylamine groups is 2. The number of carbonyl (C=O) groups is 1. The summed E-state index contributed by atoms with van der Waals surface area (Å²) in [6, 6.07) is -0.0862. The van der Waals surface area contributed by atoms with Crippen molar-refractivity contribution in [2.24, 2.45) is 11.3 Å². The van der Waals surface area contributed by atoms with Gasteiger partial charge in [-0.3, -0.25) is 19.6 Å². The molecule has 0 bridgehead atoms. The van der Waals surface area contributed by atoms with Gasteiger partial charge in [0.25, 0.3) is 5.91 Å². The number of nitrogens with one attached hydrogen (secondary N) is 1. The molecule has 0 unspecified atom stereocenters. The lowest BCUT2D eigenvalue weighted by Crippen LogP contribution is -2.46. The van der Waals surface area contributed by atoms with E-state index >= 15 is 0 Å². The Morgan fingerprint density at radius 3 is 3.05 bits per heavy atom. The van der Waals surface area contributed by atoms with E-state index in [0.29, 0.717) is 6.61 Å². The van der Waals surface area contributed by atoms with Crippen molar-refractivity contribution >= 4 is 5.91 Å². The van der Waals surface area contributed by atoms with E-state index in [1.807, 2.05) is 0 Å². The number of aromatic nitrogens is 2. The van der Waals surface area contributed by atoms with Crippen molar-refractivity contribution in [2.45, 2.75) is 31.7 Å². The molecule has 0 aromatic carbocycles. The third kappa shape index (κ3) is 2.22. The Morgan fingerprint density at radius 2 is 2.29 bits per heavy atom. The lowest BCUT2D eigenvalue weighted by molar-refractivity contribution is -0.185. The third-order valence-corrected chi connectivity index (χ3v) is 5.06. The SMILES string of the molecule is O=C([C@@H]1CCNCC12CC2)N1OCC[C@H]1c1cnccn1. The maximum Gasteiger partial charge on any atom is 0.250 e. The molecule has 6 nitrogen and oxygen atoms in total. The van der Waals surface area contributed by atoms with Crippen LogP contribution < -0.4 is 5.32 Å². The molecule has 21 heavy (non-hydrogen) atoms. The second-order valence-electron chi connectivity index (χ2n) is 6.31. The van der Waals surface area contributed by atoms with E-state index < -0.39 is 0 Å². The van der Waals surface area contributed by atoms with Crippen LogP contribution in [-0.2, 0) is 9.63 Å². The van der Waals surface area contributed by atoms with Gasteiger partial charge in [0, 0.05) is 31.3 Å².